The first-order chi connectivity index (χ1) is 11.7. The standard InChI is InChI=1S/C21H18O3.CH4/c1-15-3-5-16(6-4-15)21(22)17-7-9-19(10-8-17)24-20-13-11-18(23-2)12-14-20;/h3-14H,1-2H3;1H4. The second kappa shape index (κ2) is 8.15. The number of methoxy groups -OCH3 is 1. The van der Waals surface area contributed by atoms with Crippen LogP contribution in [0.4, 0.5) is 0 Å². The van der Waals surface area contributed by atoms with Gasteiger partial charge in [-0.15, -0.1) is 0 Å². The molecular formula is C22H22O3. The molecule has 0 unspecified atom stereocenters. The zero-order chi connectivity index (χ0) is 16.9. The van der Waals surface area contributed by atoms with Gasteiger partial charge in [0.1, 0.15) is 17.2 Å². The molecule has 0 amide bonds. The Morgan fingerprint density at radius 1 is 0.680 bits per heavy atom. The Balaban J connectivity index is 0.00000225. The normalized spacial score (nSPS) is 9.84. The van der Waals surface area contributed by atoms with Crippen LogP contribution in [0.25, 0.3) is 0 Å². The van der Waals surface area contributed by atoms with Crippen LogP contribution in [0.2, 0.25) is 0 Å². The van der Waals surface area contributed by atoms with E-state index in [0.717, 1.165) is 11.3 Å². The molecule has 3 aromatic carbocycles. The number of hydrogen-bond donors (Lipinski definition) is 0. The monoisotopic (exact) mass is 334 g/mol. The Bertz CT molecular complexity index is 817. The van der Waals surface area contributed by atoms with Crippen LogP contribution in [0.3, 0.4) is 0 Å². The van der Waals surface area contributed by atoms with E-state index in [9.17, 15) is 4.79 Å². The summed E-state index contributed by atoms with van der Waals surface area (Å²) in [5.74, 6) is 2.18. The van der Waals surface area contributed by atoms with Crippen LogP contribution in [-0.2, 0) is 0 Å². The van der Waals surface area contributed by atoms with E-state index in [0.29, 0.717) is 22.6 Å². The average Bonchev–Trinajstić information content (AvgIpc) is 2.63. The summed E-state index contributed by atoms with van der Waals surface area (Å²) in [6.45, 7) is 2.00. The molecule has 0 aromatic heterocycles. The van der Waals surface area contributed by atoms with Crippen LogP contribution < -0.4 is 9.47 Å². The third-order valence-electron chi connectivity index (χ3n) is 3.73. The van der Waals surface area contributed by atoms with E-state index in [1.165, 1.54) is 0 Å². The van der Waals surface area contributed by atoms with Gasteiger partial charge in [-0.2, -0.15) is 0 Å². The summed E-state index contributed by atoms with van der Waals surface area (Å²) in [7, 11) is 1.62. The van der Waals surface area contributed by atoms with E-state index in [4.69, 9.17) is 9.47 Å². The highest BCUT2D eigenvalue weighted by Gasteiger charge is 2.09. The SMILES string of the molecule is C.COc1ccc(Oc2ccc(C(=O)c3ccc(C)cc3)cc2)cc1. The van der Waals surface area contributed by atoms with Crippen molar-refractivity contribution in [2.45, 2.75) is 14.4 Å². The second-order valence-corrected chi connectivity index (χ2v) is 5.50. The molecule has 0 aliphatic carbocycles. The Morgan fingerprint density at radius 3 is 1.56 bits per heavy atom. The quantitative estimate of drug-likeness (QED) is 0.565. The van der Waals surface area contributed by atoms with E-state index in [1.54, 1.807) is 31.4 Å². The number of carbonyl (C=O) groups is 1. The predicted octanol–water partition coefficient (Wildman–Crippen LogP) is 5.66. The third-order valence-corrected chi connectivity index (χ3v) is 3.73. The number of benzene rings is 3. The van der Waals surface area contributed by atoms with Crippen molar-refractivity contribution >= 4 is 5.78 Å². The van der Waals surface area contributed by atoms with Crippen LogP contribution in [0.1, 0.15) is 28.9 Å². The maximum atomic E-state index is 12.4. The van der Waals surface area contributed by atoms with Crippen LogP contribution in [0.15, 0.2) is 72.8 Å². The van der Waals surface area contributed by atoms with Crippen molar-refractivity contribution < 1.29 is 14.3 Å². The van der Waals surface area contributed by atoms with Gasteiger partial charge < -0.3 is 9.47 Å². The molecule has 0 aliphatic heterocycles. The minimum atomic E-state index is 0. The van der Waals surface area contributed by atoms with Crippen LogP contribution >= 0.6 is 0 Å². The lowest BCUT2D eigenvalue weighted by Crippen LogP contribution is -2.00. The molecule has 25 heavy (non-hydrogen) atoms. The van der Waals surface area contributed by atoms with Crippen molar-refractivity contribution in [3.63, 3.8) is 0 Å². The van der Waals surface area contributed by atoms with E-state index in [1.807, 2.05) is 55.5 Å². The Hall–Kier alpha value is -3.07. The molecule has 128 valence electrons. The molecule has 0 atom stereocenters. The van der Waals surface area contributed by atoms with E-state index < -0.39 is 0 Å². The van der Waals surface area contributed by atoms with E-state index in [2.05, 4.69) is 0 Å². The molecule has 0 heterocycles. The molecule has 0 saturated heterocycles. The molecule has 3 aromatic rings. The largest absolute Gasteiger partial charge is 0.497 e. The smallest absolute Gasteiger partial charge is 0.193 e. The van der Waals surface area contributed by atoms with Crippen molar-refractivity contribution in [1.82, 2.24) is 0 Å². The highest BCUT2D eigenvalue weighted by Crippen LogP contribution is 2.24. The van der Waals surface area contributed by atoms with Gasteiger partial charge in [-0.1, -0.05) is 37.3 Å². The minimum Gasteiger partial charge on any atom is -0.497 e. The topological polar surface area (TPSA) is 35.5 Å². The van der Waals surface area contributed by atoms with Gasteiger partial charge in [0.2, 0.25) is 0 Å². The number of carbonyl (C=O) groups excluding carboxylic acids is 1. The average molecular weight is 334 g/mol. The highest BCUT2D eigenvalue weighted by molar-refractivity contribution is 6.09. The Kier molecular flexibility index (Phi) is 5.96. The van der Waals surface area contributed by atoms with Crippen molar-refractivity contribution in [3.8, 4) is 17.2 Å². The van der Waals surface area contributed by atoms with Gasteiger partial charge in [0.05, 0.1) is 7.11 Å². The summed E-state index contributed by atoms with van der Waals surface area (Å²) >= 11 is 0. The number of ether oxygens (including phenoxy) is 2. The summed E-state index contributed by atoms with van der Waals surface area (Å²) in [6.07, 6.45) is 0. The fourth-order valence-electron chi connectivity index (χ4n) is 2.33. The first-order valence-electron chi connectivity index (χ1n) is 7.69. The van der Waals surface area contributed by atoms with E-state index in [-0.39, 0.29) is 13.2 Å². The van der Waals surface area contributed by atoms with Crippen LogP contribution in [-0.4, -0.2) is 12.9 Å². The maximum absolute atomic E-state index is 12.4. The van der Waals surface area contributed by atoms with Crippen molar-refractivity contribution in [2.24, 2.45) is 0 Å². The summed E-state index contributed by atoms with van der Waals surface area (Å²) in [4.78, 5) is 12.4. The molecule has 3 heteroatoms. The van der Waals surface area contributed by atoms with Crippen LogP contribution in [0.5, 0.6) is 17.2 Å². The lowest BCUT2D eigenvalue weighted by molar-refractivity contribution is 0.103. The summed E-state index contributed by atoms with van der Waals surface area (Å²) in [5, 5.41) is 0. The molecule has 3 rings (SSSR count). The summed E-state index contributed by atoms with van der Waals surface area (Å²) < 4.78 is 10.9. The molecule has 0 spiro atoms. The number of rotatable bonds is 5. The zero-order valence-corrected chi connectivity index (χ0v) is 13.7. The van der Waals surface area contributed by atoms with E-state index >= 15 is 0 Å². The lowest BCUT2D eigenvalue weighted by Gasteiger charge is -2.07. The molecule has 0 saturated carbocycles. The van der Waals surface area contributed by atoms with Gasteiger partial charge in [-0.05, 0) is 55.5 Å². The van der Waals surface area contributed by atoms with Gasteiger partial charge in [0, 0.05) is 11.1 Å². The summed E-state index contributed by atoms with van der Waals surface area (Å²) in [5.41, 5.74) is 2.46. The third kappa shape index (κ3) is 4.48. The van der Waals surface area contributed by atoms with Gasteiger partial charge in [0.15, 0.2) is 5.78 Å². The number of ketones is 1. The molecule has 0 fully saturated rings. The first-order valence-corrected chi connectivity index (χ1v) is 7.69. The van der Waals surface area contributed by atoms with Crippen molar-refractivity contribution in [1.29, 1.82) is 0 Å². The molecular weight excluding hydrogens is 312 g/mol. The van der Waals surface area contributed by atoms with Gasteiger partial charge in [-0.25, -0.2) is 0 Å². The van der Waals surface area contributed by atoms with Gasteiger partial charge >= 0.3 is 0 Å². The van der Waals surface area contributed by atoms with Crippen molar-refractivity contribution in [2.75, 3.05) is 7.11 Å². The molecule has 0 radical (unpaired) electrons. The number of aryl methyl sites for hydroxylation is 1. The molecule has 0 bridgehead atoms. The lowest BCUT2D eigenvalue weighted by atomic mass is 10.0. The summed E-state index contributed by atoms with van der Waals surface area (Å²) in [6, 6.07) is 22.1. The van der Waals surface area contributed by atoms with Crippen molar-refractivity contribution in [3.05, 3.63) is 89.5 Å². The van der Waals surface area contributed by atoms with Crippen LogP contribution in [0, 0.1) is 6.92 Å². The highest BCUT2D eigenvalue weighted by atomic mass is 16.5. The molecule has 0 N–H and O–H groups in total. The Morgan fingerprint density at radius 2 is 1.08 bits per heavy atom. The van der Waals surface area contributed by atoms with Gasteiger partial charge in [0.25, 0.3) is 0 Å². The zero-order valence-electron chi connectivity index (χ0n) is 13.7. The maximum Gasteiger partial charge on any atom is 0.193 e. The fourth-order valence-corrected chi connectivity index (χ4v) is 2.33. The molecule has 0 aliphatic rings. The number of hydrogen-bond acceptors (Lipinski definition) is 3. The van der Waals surface area contributed by atoms with Gasteiger partial charge in [-0.3, -0.25) is 4.79 Å². The minimum absolute atomic E-state index is 0. The fraction of sp³-hybridized carbons (Fsp3) is 0.136. The first kappa shape index (κ1) is 18.3. The molecule has 3 nitrogen and oxygen atoms in total. The second-order valence-electron chi connectivity index (χ2n) is 5.50. The predicted molar refractivity (Wildman–Crippen MR) is 101 cm³/mol. The Labute approximate surface area is 148 Å².